The topological polar surface area (TPSA) is 72.8 Å². The molecule has 3 aliphatic heterocycles. The lowest BCUT2D eigenvalue weighted by atomic mass is 9.71. The maximum atomic E-state index is 12.1. The van der Waals surface area contributed by atoms with Crippen LogP contribution in [0.3, 0.4) is 0 Å². The molecule has 3 heterocycles. The molecule has 2 unspecified atom stereocenters. The van der Waals surface area contributed by atoms with Gasteiger partial charge < -0.3 is 14.4 Å². The molecule has 120 valence electrons. The smallest absolute Gasteiger partial charge is 0.403 e. The summed E-state index contributed by atoms with van der Waals surface area (Å²) in [5.41, 5.74) is -1.83. The molecule has 3 aliphatic rings. The largest absolute Gasteiger partial charge is 0.460 e. The van der Waals surface area contributed by atoms with Crippen LogP contribution in [-0.4, -0.2) is 47.9 Å². The molecular weight excluding hydrogens is 291 g/mol. The van der Waals surface area contributed by atoms with Gasteiger partial charge in [0.25, 0.3) is 0 Å². The van der Waals surface area contributed by atoms with E-state index in [4.69, 9.17) is 9.31 Å². The van der Waals surface area contributed by atoms with Gasteiger partial charge in [-0.1, -0.05) is 0 Å². The number of sulfone groups is 1. The fourth-order valence-corrected chi connectivity index (χ4v) is 6.42. The number of aliphatic hydroxyl groups is 1. The van der Waals surface area contributed by atoms with E-state index in [9.17, 15) is 13.5 Å². The normalized spacial score (nSPS) is 43.2. The Balaban J connectivity index is 1.73. The van der Waals surface area contributed by atoms with Gasteiger partial charge in [0.1, 0.15) is 0 Å². The third-order valence-electron chi connectivity index (χ3n) is 5.80. The minimum absolute atomic E-state index is 0.315. The molecule has 5 nitrogen and oxygen atoms in total. The average Bonchev–Trinajstić information content (AvgIpc) is 2.59. The van der Waals surface area contributed by atoms with Crippen molar-refractivity contribution in [3.63, 3.8) is 0 Å². The number of hydrogen-bond acceptors (Lipinski definition) is 5. The highest BCUT2D eigenvalue weighted by Crippen LogP contribution is 2.47. The molecule has 0 radical (unpaired) electrons. The Kier molecular flexibility index (Phi) is 3.35. The van der Waals surface area contributed by atoms with Gasteiger partial charge in [0, 0.05) is 6.32 Å². The van der Waals surface area contributed by atoms with E-state index in [1.165, 1.54) is 0 Å². The first kappa shape index (κ1) is 15.8. The van der Waals surface area contributed by atoms with Crippen molar-refractivity contribution < 1.29 is 22.8 Å². The molecule has 1 N–H and O–H groups in total. The van der Waals surface area contributed by atoms with Crippen LogP contribution in [0.25, 0.3) is 0 Å². The second kappa shape index (κ2) is 4.46. The Hall–Kier alpha value is -0.105. The minimum Gasteiger partial charge on any atom is -0.403 e. The Morgan fingerprint density at radius 2 is 1.48 bits per heavy atom. The Morgan fingerprint density at radius 1 is 1.05 bits per heavy atom. The van der Waals surface area contributed by atoms with Gasteiger partial charge in [-0.25, -0.2) is 8.42 Å². The monoisotopic (exact) mass is 316 g/mol. The first-order chi connectivity index (χ1) is 9.45. The third kappa shape index (κ3) is 2.46. The van der Waals surface area contributed by atoms with Gasteiger partial charge in [-0.3, -0.25) is 0 Å². The molecule has 0 saturated carbocycles. The number of fused-ring (bicyclic) bond motifs is 2. The molecule has 0 amide bonds. The van der Waals surface area contributed by atoms with Crippen LogP contribution in [0, 0.1) is 0 Å². The second-order valence-electron chi connectivity index (χ2n) is 7.93. The highest BCUT2D eigenvalue weighted by molar-refractivity contribution is 7.93. The summed E-state index contributed by atoms with van der Waals surface area (Å²) in [6, 6.07) is 0. The quantitative estimate of drug-likeness (QED) is 0.783. The highest BCUT2D eigenvalue weighted by atomic mass is 32.2. The zero-order valence-electron chi connectivity index (χ0n) is 13.3. The van der Waals surface area contributed by atoms with E-state index in [1.807, 2.05) is 27.7 Å². The molecule has 0 aromatic carbocycles. The van der Waals surface area contributed by atoms with Crippen LogP contribution in [0.4, 0.5) is 0 Å². The predicted octanol–water partition coefficient (Wildman–Crippen LogP) is 1.55. The van der Waals surface area contributed by atoms with E-state index in [-0.39, 0.29) is 10.5 Å². The van der Waals surface area contributed by atoms with Crippen LogP contribution in [0.5, 0.6) is 0 Å². The van der Waals surface area contributed by atoms with Gasteiger partial charge >= 0.3 is 7.12 Å². The summed E-state index contributed by atoms with van der Waals surface area (Å²) in [4.78, 5) is 0. The Morgan fingerprint density at radius 3 is 1.90 bits per heavy atom. The molecule has 0 aromatic rings. The van der Waals surface area contributed by atoms with Crippen LogP contribution in [0.1, 0.15) is 53.4 Å². The maximum Gasteiger partial charge on any atom is 0.460 e. The summed E-state index contributed by atoms with van der Waals surface area (Å²) in [7, 11) is -3.49. The first-order valence-electron chi connectivity index (χ1n) is 7.76. The minimum atomic E-state index is -3.02. The van der Waals surface area contributed by atoms with E-state index in [0.717, 1.165) is 0 Å². The molecule has 3 fully saturated rings. The van der Waals surface area contributed by atoms with Crippen LogP contribution in [0.2, 0.25) is 6.32 Å². The summed E-state index contributed by atoms with van der Waals surface area (Å²) >= 11 is 0. The summed E-state index contributed by atoms with van der Waals surface area (Å²) in [6.45, 7) is 7.91. The molecule has 21 heavy (non-hydrogen) atoms. The van der Waals surface area contributed by atoms with Gasteiger partial charge in [0.15, 0.2) is 9.84 Å². The van der Waals surface area contributed by atoms with Crippen LogP contribution in [-0.2, 0) is 19.1 Å². The number of rotatable bonds is 2. The van der Waals surface area contributed by atoms with E-state index in [0.29, 0.717) is 32.0 Å². The lowest BCUT2D eigenvalue weighted by Gasteiger charge is -2.36. The van der Waals surface area contributed by atoms with Crippen molar-refractivity contribution in [1.29, 1.82) is 0 Å². The fourth-order valence-electron chi connectivity index (χ4n) is 3.87. The Bertz CT molecular complexity index is 506. The van der Waals surface area contributed by atoms with Crippen molar-refractivity contribution in [2.45, 2.75) is 87.0 Å². The van der Waals surface area contributed by atoms with Crippen molar-refractivity contribution in [2.24, 2.45) is 0 Å². The standard InChI is InChI=1S/C14H25BO5S/c1-12(2)13(3,4)20-15(19-12)9-14(16)7-10-5-6-11(8-14)21(10,17)18/h10-11,16H,5-9H2,1-4H3. The summed E-state index contributed by atoms with van der Waals surface area (Å²) < 4.78 is 36.2. The molecule has 0 spiro atoms. The van der Waals surface area contributed by atoms with Crippen LogP contribution >= 0.6 is 0 Å². The van der Waals surface area contributed by atoms with Crippen molar-refractivity contribution >= 4 is 17.0 Å². The molecular formula is C14H25BO5S. The molecule has 3 rings (SSSR count). The van der Waals surface area contributed by atoms with Gasteiger partial charge in [-0.2, -0.15) is 0 Å². The SMILES string of the molecule is CC1(C)OB(CC2(O)CC3CCC(C2)S3(=O)=O)OC1(C)C. The van der Waals surface area contributed by atoms with Crippen molar-refractivity contribution in [3.05, 3.63) is 0 Å². The van der Waals surface area contributed by atoms with Crippen molar-refractivity contribution in [2.75, 3.05) is 0 Å². The molecule has 2 atom stereocenters. The van der Waals surface area contributed by atoms with Crippen molar-refractivity contribution in [3.8, 4) is 0 Å². The van der Waals surface area contributed by atoms with Gasteiger partial charge in [-0.05, 0) is 53.4 Å². The third-order valence-corrected chi connectivity index (χ3v) is 8.47. The fraction of sp³-hybridized carbons (Fsp3) is 1.00. The molecule has 7 heteroatoms. The summed E-state index contributed by atoms with van der Waals surface area (Å²) in [6.07, 6.45) is 2.34. The van der Waals surface area contributed by atoms with Gasteiger partial charge in [-0.15, -0.1) is 0 Å². The zero-order chi connectivity index (χ0) is 15.7. The average molecular weight is 316 g/mol. The van der Waals surface area contributed by atoms with E-state index in [2.05, 4.69) is 0 Å². The van der Waals surface area contributed by atoms with Gasteiger partial charge in [0.05, 0.1) is 27.3 Å². The van der Waals surface area contributed by atoms with Crippen LogP contribution in [0.15, 0.2) is 0 Å². The van der Waals surface area contributed by atoms with Crippen LogP contribution < -0.4 is 0 Å². The van der Waals surface area contributed by atoms with E-state index >= 15 is 0 Å². The van der Waals surface area contributed by atoms with Crippen molar-refractivity contribution in [1.82, 2.24) is 0 Å². The van der Waals surface area contributed by atoms with E-state index in [1.54, 1.807) is 0 Å². The maximum absolute atomic E-state index is 12.1. The summed E-state index contributed by atoms with van der Waals surface area (Å²) in [5.74, 6) is 0. The molecule has 3 saturated heterocycles. The van der Waals surface area contributed by atoms with Gasteiger partial charge in [0.2, 0.25) is 0 Å². The highest BCUT2D eigenvalue weighted by Gasteiger charge is 2.57. The second-order valence-corrected chi connectivity index (χ2v) is 10.4. The molecule has 2 bridgehead atoms. The lowest BCUT2D eigenvalue weighted by Crippen LogP contribution is -2.47. The lowest BCUT2D eigenvalue weighted by molar-refractivity contribution is 0.00578. The first-order valence-corrected chi connectivity index (χ1v) is 9.37. The molecule has 0 aromatic heterocycles. The number of hydrogen-bond donors (Lipinski definition) is 1. The molecule has 0 aliphatic carbocycles. The zero-order valence-corrected chi connectivity index (χ0v) is 14.1. The Labute approximate surface area is 127 Å². The predicted molar refractivity (Wildman–Crippen MR) is 80.8 cm³/mol. The van der Waals surface area contributed by atoms with E-state index < -0.39 is 33.8 Å². The summed E-state index contributed by atoms with van der Waals surface area (Å²) in [5, 5.41) is 10.1.